The number of hydrogen-bond acceptors (Lipinski definition) is 3. The van der Waals surface area contributed by atoms with Gasteiger partial charge in [0, 0.05) is 11.6 Å². The molecule has 1 rings (SSSR count). The highest BCUT2D eigenvalue weighted by molar-refractivity contribution is 6.30. The lowest BCUT2D eigenvalue weighted by molar-refractivity contribution is -0.138. The molecule has 0 heterocycles. The Morgan fingerprint density at radius 2 is 1.89 bits per heavy atom. The molecular formula is C13H17ClN2O3. The molecule has 5 nitrogen and oxygen atoms in total. The van der Waals surface area contributed by atoms with E-state index in [9.17, 15) is 9.59 Å². The highest BCUT2D eigenvalue weighted by Gasteiger charge is 2.11. The first kappa shape index (κ1) is 15.5. The Morgan fingerprint density at radius 1 is 1.26 bits per heavy atom. The molecule has 0 radical (unpaired) electrons. The van der Waals surface area contributed by atoms with Crippen LogP contribution in [0.1, 0.15) is 12.5 Å². The van der Waals surface area contributed by atoms with Gasteiger partial charge in [-0.25, -0.2) is 0 Å². The molecule has 0 saturated carbocycles. The highest BCUT2D eigenvalue weighted by atomic mass is 35.5. The quantitative estimate of drug-likeness (QED) is 0.793. The number of carbonyl (C=O) groups is 2. The van der Waals surface area contributed by atoms with Crippen molar-refractivity contribution in [2.24, 2.45) is 0 Å². The van der Waals surface area contributed by atoms with Gasteiger partial charge in [0.15, 0.2) is 0 Å². The van der Waals surface area contributed by atoms with Crippen LogP contribution >= 0.6 is 11.6 Å². The summed E-state index contributed by atoms with van der Waals surface area (Å²) in [4.78, 5) is 23.8. The number of rotatable bonds is 7. The molecule has 0 aliphatic rings. The Bertz CT molecular complexity index is 434. The maximum Gasteiger partial charge on any atom is 0.317 e. The second-order valence-corrected chi connectivity index (χ2v) is 4.54. The number of likely N-dealkylation sites (N-methyl/N-ethyl adjacent to an activating group) is 1. The molecule has 0 aromatic heterocycles. The van der Waals surface area contributed by atoms with Gasteiger partial charge in [-0.3, -0.25) is 14.5 Å². The molecule has 0 bridgehead atoms. The zero-order valence-electron chi connectivity index (χ0n) is 10.7. The van der Waals surface area contributed by atoms with Crippen LogP contribution in [-0.2, 0) is 16.1 Å². The minimum absolute atomic E-state index is 0.0798. The molecular weight excluding hydrogens is 268 g/mol. The average molecular weight is 285 g/mol. The third-order valence-corrected chi connectivity index (χ3v) is 2.83. The fourth-order valence-electron chi connectivity index (χ4n) is 1.53. The van der Waals surface area contributed by atoms with Crippen LogP contribution in [0.3, 0.4) is 0 Å². The lowest BCUT2D eigenvalue weighted by Crippen LogP contribution is -2.39. The third-order valence-electron chi connectivity index (χ3n) is 2.58. The minimum Gasteiger partial charge on any atom is -0.480 e. The lowest BCUT2D eigenvalue weighted by atomic mass is 10.2. The van der Waals surface area contributed by atoms with Crippen molar-refractivity contribution in [3.8, 4) is 0 Å². The summed E-state index contributed by atoms with van der Waals surface area (Å²) in [5.74, 6) is -1.13. The Labute approximate surface area is 117 Å². The Kier molecular flexibility index (Phi) is 6.32. The van der Waals surface area contributed by atoms with Crippen molar-refractivity contribution >= 4 is 23.5 Å². The first-order valence-electron chi connectivity index (χ1n) is 5.96. The predicted molar refractivity (Wildman–Crippen MR) is 73.0 cm³/mol. The van der Waals surface area contributed by atoms with Gasteiger partial charge in [-0.1, -0.05) is 30.7 Å². The molecule has 0 fully saturated rings. The maximum absolute atomic E-state index is 11.7. The van der Waals surface area contributed by atoms with Gasteiger partial charge < -0.3 is 10.4 Å². The van der Waals surface area contributed by atoms with E-state index in [0.717, 1.165) is 5.56 Å². The number of halogens is 1. The molecule has 1 amide bonds. The van der Waals surface area contributed by atoms with Gasteiger partial charge in [0.2, 0.25) is 5.91 Å². The molecule has 6 heteroatoms. The number of nitrogens with one attached hydrogen (secondary N) is 1. The maximum atomic E-state index is 11.7. The van der Waals surface area contributed by atoms with Gasteiger partial charge >= 0.3 is 5.97 Å². The van der Waals surface area contributed by atoms with E-state index < -0.39 is 5.97 Å². The Hall–Kier alpha value is -1.59. The van der Waals surface area contributed by atoms with Gasteiger partial charge in [0.05, 0.1) is 13.1 Å². The van der Waals surface area contributed by atoms with E-state index in [1.165, 1.54) is 0 Å². The SMILES string of the molecule is CCN(CC(=O)O)CC(=O)NCc1ccc(Cl)cc1. The van der Waals surface area contributed by atoms with Crippen LogP contribution < -0.4 is 5.32 Å². The number of carboxylic acids is 1. The van der Waals surface area contributed by atoms with Crippen LogP contribution in [0.25, 0.3) is 0 Å². The number of hydrogen-bond donors (Lipinski definition) is 2. The number of amides is 1. The van der Waals surface area contributed by atoms with Crippen molar-refractivity contribution < 1.29 is 14.7 Å². The molecule has 2 N–H and O–H groups in total. The molecule has 0 aliphatic carbocycles. The summed E-state index contributed by atoms with van der Waals surface area (Å²) in [6.07, 6.45) is 0. The predicted octanol–water partition coefficient (Wildman–Crippen LogP) is 1.36. The average Bonchev–Trinajstić information content (AvgIpc) is 2.36. The molecule has 1 aromatic rings. The summed E-state index contributed by atoms with van der Waals surface area (Å²) in [7, 11) is 0. The molecule has 0 aliphatic heterocycles. The Balaban J connectivity index is 2.38. The van der Waals surface area contributed by atoms with E-state index in [2.05, 4.69) is 5.32 Å². The standard InChI is InChI=1S/C13H17ClN2O3/c1-2-16(9-13(18)19)8-12(17)15-7-10-3-5-11(14)6-4-10/h3-6H,2,7-9H2,1H3,(H,15,17)(H,18,19). The largest absolute Gasteiger partial charge is 0.480 e. The van der Waals surface area contributed by atoms with Crippen LogP contribution in [0.5, 0.6) is 0 Å². The van der Waals surface area contributed by atoms with Gasteiger partial charge in [-0.2, -0.15) is 0 Å². The van der Waals surface area contributed by atoms with Crippen molar-refractivity contribution in [3.63, 3.8) is 0 Å². The van der Waals surface area contributed by atoms with Crippen molar-refractivity contribution in [1.82, 2.24) is 10.2 Å². The molecule has 0 spiro atoms. The van der Waals surface area contributed by atoms with E-state index in [1.54, 1.807) is 17.0 Å². The summed E-state index contributed by atoms with van der Waals surface area (Å²) >= 11 is 5.76. The summed E-state index contributed by atoms with van der Waals surface area (Å²) < 4.78 is 0. The van der Waals surface area contributed by atoms with Crippen LogP contribution in [0.4, 0.5) is 0 Å². The van der Waals surface area contributed by atoms with E-state index in [0.29, 0.717) is 18.1 Å². The van der Waals surface area contributed by atoms with E-state index in [-0.39, 0.29) is 19.0 Å². The first-order valence-corrected chi connectivity index (χ1v) is 6.34. The van der Waals surface area contributed by atoms with Crippen molar-refractivity contribution in [2.45, 2.75) is 13.5 Å². The molecule has 104 valence electrons. The summed E-state index contributed by atoms with van der Waals surface area (Å²) in [5.41, 5.74) is 0.944. The topological polar surface area (TPSA) is 69.6 Å². The van der Waals surface area contributed by atoms with Crippen LogP contribution in [0.15, 0.2) is 24.3 Å². The number of carboxylic acid groups (broad SMARTS) is 1. The van der Waals surface area contributed by atoms with Gasteiger partial charge in [-0.15, -0.1) is 0 Å². The van der Waals surface area contributed by atoms with Crippen molar-refractivity contribution in [2.75, 3.05) is 19.6 Å². The second kappa shape index (κ2) is 7.76. The van der Waals surface area contributed by atoms with Crippen LogP contribution in [-0.4, -0.2) is 41.5 Å². The van der Waals surface area contributed by atoms with E-state index >= 15 is 0 Å². The number of carbonyl (C=O) groups excluding carboxylic acids is 1. The summed E-state index contributed by atoms with van der Waals surface area (Å²) in [6.45, 7) is 2.68. The van der Waals surface area contributed by atoms with Gasteiger partial charge in [0.1, 0.15) is 0 Å². The van der Waals surface area contributed by atoms with Gasteiger partial charge in [0.25, 0.3) is 0 Å². The monoisotopic (exact) mass is 284 g/mol. The first-order chi connectivity index (χ1) is 9.01. The lowest BCUT2D eigenvalue weighted by Gasteiger charge is -2.17. The summed E-state index contributed by atoms with van der Waals surface area (Å²) in [6, 6.07) is 7.17. The fraction of sp³-hybridized carbons (Fsp3) is 0.385. The van der Waals surface area contributed by atoms with Crippen LogP contribution in [0.2, 0.25) is 5.02 Å². The van der Waals surface area contributed by atoms with E-state index in [1.807, 2.05) is 19.1 Å². The second-order valence-electron chi connectivity index (χ2n) is 4.10. The number of aliphatic carboxylic acids is 1. The molecule has 19 heavy (non-hydrogen) atoms. The highest BCUT2D eigenvalue weighted by Crippen LogP contribution is 2.08. The zero-order chi connectivity index (χ0) is 14.3. The number of nitrogens with zero attached hydrogens (tertiary/aromatic N) is 1. The molecule has 0 unspecified atom stereocenters. The zero-order valence-corrected chi connectivity index (χ0v) is 11.5. The van der Waals surface area contributed by atoms with Crippen LogP contribution in [0, 0.1) is 0 Å². The molecule has 0 atom stereocenters. The third kappa shape index (κ3) is 6.22. The minimum atomic E-state index is -0.938. The van der Waals surface area contributed by atoms with Crippen molar-refractivity contribution in [3.05, 3.63) is 34.9 Å². The summed E-state index contributed by atoms with van der Waals surface area (Å²) in [5, 5.41) is 12.1. The van der Waals surface area contributed by atoms with E-state index in [4.69, 9.17) is 16.7 Å². The Morgan fingerprint density at radius 3 is 2.42 bits per heavy atom. The van der Waals surface area contributed by atoms with Crippen molar-refractivity contribution in [1.29, 1.82) is 0 Å². The molecule has 0 saturated heterocycles. The number of benzene rings is 1. The molecule has 1 aromatic carbocycles. The van der Waals surface area contributed by atoms with Gasteiger partial charge in [-0.05, 0) is 24.2 Å². The fourth-order valence-corrected chi connectivity index (χ4v) is 1.66. The smallest absolute Gasteiger partial charge is 0.317 e. The normalized spacial score (nSPS) is 10.5.